The number of allylic oxidation sites excluding steroid dienone is 6. The second-order valence-electron chi connectivity index (χ2n) is 5.89. The molecular weight excluding hydrogens is 294 g/mol. The van der Waals surface area contributed by atoms with Crippen molar-refractivity contribution in [2.75, 3.05) is 6.61 Å². The second kappa shape index (κ2) is 7.05. The van der Waals surface area contributed by atoms with Crippen LogP contribution in [0.5, 0.6) is 0 Å². The van der Waals surface area contributed by atoms with Crippen LogP contribution in [0.25, 0.3) is 5.57 Å². The van der Waals surface area contributed by atoms with Crippen molar-refractivity contribution in [1.82, 2.24) is 4.98 Å². The first-order chi connectivity index (χ1) is 10.4. The minimum atomic E-state index is -0.342. The molecule has 0 spiro atoms. The molecule has 0 aliphatic heterocycles. The minimum Gasteiger partial charge on any atom is -0.461 e. The van der Waals surface area contributed by atoms with E-state index in [1.54, 1.807) is 13.1 Å². The zero-order chi connectivity index (χ0) is 16.3. The number of rotatable bonds is 4. The summed E-state index contributed by atoms with van der Waals surface area (Å²) in [6.45, 7) is 10.9. The Hall–Kier alpha value is -1.68. The van der Waals surface area contributed by atoms with E-state index in [-0.39, 0.29) is 5.97 Å². The fraction of sp³-hybridized carbons (Fsp3) is 0.444. The third-order valence-corrected chi connectivity index (χ3v) is 4.67. The summed E-state index contributed by atoms with van der Waals surface area (Å²) in [6.07, 6.45) is 7.27. The van der Waals surface area contributed by atoms with Gasteiger partial charge < -0.3 is 4.74 Å². The van der Waals surface area contributed by atoms with E-state index in [9.17, 15) is 4.79 Å². The van der Waals surface area contributed by atoms with E-state index in [4.69, 9.17) is 4.74 Å². The lowest BCUT2D eigenvalue weighted by Crippen LogP contribution is -2.03. The van der Waals surface area contributed by atoms with Gasteiger partial charge in [0.15, 0.2) is 0 Å². The van der Waals surface area contributed by atoms with Gasteiger partial charge in [0.25, 0.3) is 0 Å². The Labute approximate surface area is 136 Å². The zero-order valence-corrected chi connectivity index (χ0v) is 14.7. The van der Waals surface area contributed by atoms with Crippen LogP contribution in [0.3, 0.4) is 0 Å². The molecule has 0 fully saturated rings. The molecule has 1 aliphatic carbocycles. The first-order valence-electron chi connectivity index (χ1n) is 7.64. The standard InChI is InChI=1S/C18H23NO2S/c1-6-21-18(20)17-19-10-16(22-17)15-9-14(11(2)3)8-12(4)7-13(15)5/h7,9-11H,6,8H2,1-5H3. The van der Waals surface area contributed by atoms with Gasteiger partial charge in [-0.15, -0.1) is 11.3 Å². The first-order valence-corrected chi connectivity index (χ1v) is 8.45. The average Bonchev–Trinajstić information content (AvgIpc) is 2.86. The largest absolute Gasteiger partial charge is 0.461 e. The third kappa shape index (κ3) is 3.74. The Morgan fingerprint density at radius 3 is 2.73 bits per heavy atom. The van der Waals surface area contributed by atoms with Crippen LogP contribution in [0.4, 0.5) is 0 Å². The van der Waals surface area contributed by atoms with Gasteiger partial charge in [-0.3, -0.25) is 0 Å². The highest BCUT2D eigenvalue weighted by atomic mass is 32.1. The summed E-state index contributed by atoms with van der Waals surface area (Å²) in [4.78, 5) is 17.0. The Balaban J connectivity index is 2.42. The number of carbonyl (C=O) groups excluding carboxylic acids is 1. The normalized spacial score (nSPS) is 15.5. The van der Waals surface area contributed by atoms with Crippen LogP contribution in [0.2, 0.25) is 0 Å². The van der Waals surface area contributed by atoms with Gasteiger partial charge in [-0.25, -0.2) is 9.78 Å². The van der Waals surface area contributed by atoms with E-state index in [0.29, 0.717) is 17.5 Å². The summed E-state index contributed by atoms with van der Waals surface area (Å²) in [5, 5.41) is 0.418. The summed E-state index contributed by atoms with van der Waals surface area (Å²) >= 11 is 1.40. The number of aromatic nitrogens is 1. The number of thiazole rings is 1. The Morgan fingerprint density at radius 2 is 2.09 bits per heavy atom. The minimum absolute atomic E-state index is 0.342. The van der Waals surface area contributed by atoms with Crippen molar-refractivity contribution in [3.05, 3.63) is 45.0 Å². The molecule has 0 saturated heterocycles. The molecule has 1 aromatic rings. The molecule has 1 aliphatic rings. The zero-order valence-electron chi connectivity index (χ0n) is 13.9. The molecule has 0 bridgehead atoms. The maximum Gasteiger partial charge on any atom is 0.367 e. The third-order valence-electron chi connectivity index (χ3n) is 3.66. The van der Waals surface area contributed by atoms with Gasteiger partial charge in [0.2, 0.25) is 5.01 Å². The molecule has 0 atom stereocenters. The van der Waals surface area contributed by atoms with Crippen LogP contribution >= 0.6 is 11.3 Å². The number of nitrogens with zero attached hydrogens (tertiary/aromatic N) is 1. The molecule has 22 heavy (non-hydrogen) atoms. The average molecular weight is 317 g/mol. The Bertz CT molecular complexity index is 662. The number of hydrogen-bond acceptors (Lipinski definition) is 4. The van der Waals surface area contributed by atoms with E-state index in [1.807, 2.05) is 0 Å². The SMILES string of the molecule is CCOC(=O)c1ncc(C2=C(C)C=C(C)CC(C(C)C)=C2)s1. The van der Waals surface area contributed by atoms with Crippen LogP contribution in [0.1, 0.15) is 55.7 Å². The highest BCUT2D eigenvalue weighted by Crippen LogP contribution is 2.34. The molecule has 118 valence electrons. The lowest BCUT2D eigenvalue weighted by molar-refractivity contribution is 0.0526. The van der Waals surface area contributed by atoms with Crippen LogP contribution in [-0.2, 0) is 4.74 Å². The topological polar surface area (TPSA) is 39.2 Å². The molecule has 0 saturated carbocycles. The fourth-order valence-corrected chi connectivity index (χ4v) is 3.38. The molecule has 0 amide bonds. The summed E-state index contributed by atoms with van der Waals surface area (Å²) < 4.78 is 5.02. The summed E-state index contributed by atoms with van der Waals surface area (Å²) in [6, 6.07) is 0. The predicted molar refractivity (Wildman–Crippen MR) is 92.0 cm³/mol. The van der Waals surface area contributed by atoms with E-state index in [1.165, 1.54) is 28.1 Å². The van der Waals surface area contributed by atoms with Crippen LogP contribution < -0.4 is 0 Å². The van der Waals surface area contributed by atoms with Gasteiger partial charge >= 0.3 is 5.97 Å². The number of hydrogen-bond donors (Lipinski definition) is 0. The van der Waals surface area contributed by atoms with E-state index in [2.05, 4.69) is 44.8 Å². The molecule has 3 nitrogen and oxygen atoms in total. The highest BCUT2D eigenvalue weighted by molar-refractivity contribution is 7.14. The van der Waals surface area contributed by atoms with Gasteiger partial charge in [0, 0.05) is 6.20 Å². The van der Waals surface area contributed by atoms with Crippen molar-refractivity contribution >= 4 is 22.9 Å². The quantitative estimate of drug-likeness (QED) is 0.731. The van der Waals surface area contributed by atoms with Crippen molar-refractivity contribution in [3.63, 3.8) is 0 Å². The van der Waals surface area contributed by atoms with E-state index in [0.717, 1.165) is 16.9 Å². The number of carbonyl (C=O) groups is 1. The lowest BCUT2D eigenvalue weighted by atomic mass is 9.95. The van der Waals surface area contributed by atoms with Gasteiger partial charge in [-0.05, 0) is 44.3 Å². The van der Waals surface area contributed by atoms with Crippen molar-refractivity contribution in [3.8, 4) is 0 Å². The molecule has 0 N–H and O–H groups in total. The molecule has 0 aromatic carbocycles. The molecular formula is C18H23NO2S. The van der Waals surface area contributed by atoms with Crippen molar-refractivity contribution in [2.24, 2.45) is 5.92 Å². The van der Waals surface area contributed by atoms with Crippen LogP contribution in [0.15, 0.2) is 35.1 Å². The number of esters is 1. The monoisotopic (exact) mass is 317 g/mol. The molecule has 2 rings (SSSR count). The smallest absolute Gasteiger partial charge is 0.367 e. The predicted octanol–water partition coefficient (Wildman–Crippen LogP) is 5.03. The van der Waals surface area contributed by atoms with Gasteiger partial charge in [0.1, 0.15) is 0 Å². The molecule has 1 aromatic heterocycles. The van der Waals surface area contributed by atoms with Crippen molar-refractivity contribution in [1.29, 1.82) is 0 Å². The summed E-state index contributed by atoms with van der Waals surface area (Å²) in [5.41, 5.74) is 5.15. The van der Waals surface area contributed by atoms with Gasteiger partial charge in [-0.1, -0.05) is 37.1 Å². The van der Waals surface area contributed by atoms with Crippen molar-refractivity contribution in [2.45, 2.75) is 41.0 Å². The maximum atomic E-state index is 11.8. The summed E-state index contributed by atoms with van der Waals surface area (Å²) in [5.74, 6) is 0.159. The van der Waals surface area contributed by atoms with Gasteiger partial charge in [0.05, 0.1) is 11.5 Å². The maximum absolute atomic E-state index is 11.8. The van der Waals surface area contributed by atoms with Crippen LogP contribution in [-0.4, -0.2) is 17.6 Å². The molecule has 1 heterocycles. The van der Waals surface area contributed by atoms with E-state index >= 15 is 0 Å². The second-order valence-corrected chi connectivity index (χ2v) is 6.92. The lowest BCUT2D eigenvalue weighted by Gasteiger charge is -2.10. The summed E-state index contributed by atoms with van der Waals surface area (Å²) in [7, 11) is 0. The fourth-order valence-electron chi connectivity index (χ4n) is 2.49. The van der Waals surface area contributed by atoms with Gasteiger partial charge in [-0.2, -0.15) is 0 Å². The van der Waals surface area contributed by atoms with Crippen molar-refractivity contribution < 1.29 is 9.53 Å². The molecule has 0 radical (unpaired) electrons. The first kappa shape index (κ1) is 16.7. The number of ether oxygens (including phenoxy) is 1. The highest BCUT2D eigenvalue weighted by Gasteiger charge is 2.17. The molecule has 4 heteroatoms. The van der Waals surface area contributed by atoms with Crippen LogP contribution in [0, 0.1) is 5.92 Å². The molecule has 0 unspecified atom stereocenters. The Kier molecular flexibility index (Phi) is 5.35. The Morgan fingerprint density at radius 1 is 1.36 bits per heavy atom. The van der Waals surface area contributed by atoms with E-state index < -0.39 is 0 Å².